The normalized spacial score (nSPS) is 16.5. The zero-order valence-electron chi connectivity index (χ0n) is 18.3. The van der Waals surface area contributed by atoms with Gasteiger partial charge in [0.05, 0.1) is 5.92 Å². The number of rotatable bonds is 5. The Bertz CT molecular complexity index is 1190. The molecule has 1 aromatic heterocycles. The second-order valence-corrected chi connectivity index (χ2v) is 8.05. The molecule has 0 unspecified atom stereocenters. The minimum Gasteiger partial charge on any atom is -0.341 e. The van der Waals surface area contributed by atoms with Crippen molar-refractivity contribution in [3.05, 3.63) is 88.1 Å². The molecule has 170 valence electrons. The van der Waals surface area contributed by atoms with E-state index in [1.54, 1.807) is 28.0 Å². The number of carbonyl (C=O) groups is 2. The Labute approximate surface area is 190 Å². The van der Waals surface area contributed by atoms with Gasteiger partial charge >= 0.3 is 0 Å². The molecule has 1 fully saturated rings. The van der Waals surface area contributed by atoms with Gasteiger partial charge in [0.1, 0.15) is 11.5 Å². The third-order valence-corrected chi connectivity index (χ3v) is 5.93. The van der Waals surface area contributed by atoms with Crippen LogP contribution in [0.2, 0.25) is 0 Å². The van der Waals surface area contributed by atoms with E-state index < -0.39 is 5.92 Å². The van der Waals surface area contributed by atoms with E-state index >= 15 is 0 Å². The fourth-order valence-corrected chi connectivity index (χ4v) is 4.12. The molecule has 0 saturated carbocycles. The van der Waals surface area contributed by atoms with E-state index in [1.165, 1.54) is 18.2 Å². The number of nitrogens with zero attached hydrogens (tertiary/aromatic N) is 3. The van der Waals surface area contributed by atoms with E-state index in [1.807, 2.05) is 31.2 Å². The molecule has 0 radical (unpaired) electrons. The second-order valence-electron chi connectivity index (χ2n) is 8.05. The molecule has 7 nitrogen and oxygen atoms in total. The molecule has 4 rings (SSSR count). The van der Waals surface area contributed by atoms with Crippen molar-refractivity contribution in [1.29, 1.82) is 0 Å². The van der Waals surface area contributed by atoms with Gasteiger partial charge in [0.2, 0.25) is 5.91 Å². The molecule has 1 aliphatic rings. The average Bonchev–Trinajstić information content (AvgIpc) is 2.99. The zero-order valence-corrected chi connectivity index (χ0v) is 18.3. The largest absolute Gasteiger partial charge is 0.341 e. The van der Waals surface area contributed by atoms with Crippen LogP contribution in [0.3, 0.4) is 0 Å². The summed E-state index contributed by atoms with van der Waals surface area (Å²) in [6.45, 7) is 3.55. The lowest BCUT2D eigenvalue weighted by atomic mass is 9.95. The summed E-state index contributed by atoms with van der Waals surface area (Å²) in [5.74, 6) is -1.02. The van der Waals surface area contributed by atoms with Crippen molar-refractivity contribution in [2.24, 2.45) is 5.92 Å². The van der Waals surface area contributed by atoms with Crippen LogP contribution in [-0.2, 0) is 11.2 Å². The topological polar surface area (TPSA) is 86.4 Å². The van der Waals surface area contributed by atoms with Gasteiger partial charge in [-0.1, -0.05) is 42.5 Å². The second kappa shape index (κ2) is 9.77. The summed E-state index contributed by atoms with van der Waals surface area (Å²) < 4.78 is 14.1. The lowest BCUT2D eigenvalue weighted by Crippen LogP contribution is -2.38. The molecule has 1 N–H and O–H groups in total. The summed E-state index contributed by atoms with van der Waals surface area (Å²) in [6.07, 6.45) is 0.454. The van der Waals surface area contributed by atoms with E-state index in [2.05, 4.69) is 10.2 Å². The van der Waals surface area contributed by atoms with Crippen molar-refractivity contribution in [2.45, 2.75) is 13.3 Å². The summed E-state index contributed by atoms with van der Waals surface area (Å²) >= 11 is 0. The monoisotopic (exact) mass is 448 g/mol. The van der Waals surface area contributed by atoms with Crippen molar-refractivity contribution in [3.8, 4) is 11.1 Å². The minimum atomic E-state index is -0.418. The van der Waals surface area contributed by atoms with Crippen LogP contribution >= 0.6 is 0 Å². The van der Waals surface area contributed by atoms with Crippen LogP contribution in [0.4, 0.5) is 4.39 Å². The molecule has 33 heavy (non-hydrogen) atoms. The molecule has 3 aromatic rings. The van der Waals surface area contributed by atoms with Gasteiger partial charge in [0, 0.05) is 37.8 Å². The summed E-state index contributed by atoms with van der Waals surface area (Å²) in [5, 5.41) is 6.12. The first kappa shape index (κ1) is 22.4. The van der Waals surface area contributed by atoms with Gasteiger partial charge in [-0.25, -0.2) is 9.49 Å². The number of likely N-dealkylation sites (N-methyl/N-ethyl adjacent to an activating group) is 1. The van der Waals surface area contributed by atoms with Gasteiger partial charge < -0.3 is 9.80 Å². The lowest BCUT2D eigenvalue weighted by Gasteiger charge is -2.23. The maximum absolute atomic E-state index is 14.1. The Hall–Kier alpha value is -3.81. The molecule has 0 bridgehead atoms. The highest BCUT2D eigenvalue weighted by molar-refractivity contribution is 5.93. The van der Waals surface area contributed by atoms with Crippen LogP contribution in [0.5, 0.6) is 0 Å². The number of hydrogen-bond donors (Lipinski definition) is 1. The number of hydrogen-bond acceptors (Lipinski definition) is 4. The number of nitrogens with one attached hydrogen (secondary N) is 1. The number of aromatic nitrogens is 2. The molecule has 1 aliphatic heterocycles. The Morgan fingerprint density at radius 2 is 1.82 bits per heavy atom. The van der Waals surface area contributed by atoms with Crippen molar-refractivity contribution in [2.75, 3.05) is 26.2 Å². The van der Waals surface area contributed by atoms with Crippen LogP contribution in [0, 0.1) is 11.7 Å². The van der Waals surface area contributed by atoms with E-state index in [4.69, 9.17) is 0 Å². The Kier molecular flexibility index (Phi) is 6.63. The highest BCUT2D eigenvalue weighted by atomic mass is 19.1. The maximum atomic E-state index is 14.1. The first-order valence-corrected chi connectivity index (χ1v) is 10.9. The van der Waals surface area contributed by atoms with Crippen LogP contribution in [0.1, 0.15) is 23.0 Å². The van der Waals surface area contributed by atoms with Crippen LogP contribution in [0.15, 0.2) is 65.5 Å². The van der Waals surface area contributed by atoms with Crippen molar-refractivity contribution in [3.63, 3.8) is 0 Å². The van der Waals surface area contributed by atoms with Gasteiger partial charge in [0.25, 0.3) is 11.5 Å². The first-order valence-electron chi connectivity index (χ1n) is 10.9. The fraction of sp³-hybridized carbons (Fsp3) is 0.280. The molecule has 2 aromatic carbocycles. The number of aromatic amines is 1. The van der Waals surface area contributed by atoms with E-state index in [0.29, 0.717) is 31.6 Å². The molecule has 0 aliphatic carbocycles. The highest BCUT2D eigenvalue weighted by Crippen LogP contribution is 2.24. The van der Waals surface area contributed by atoms with Crippen molar-refractivity contribution < 1.29 is 14.0 Å². The Morgan fingerprint density at radius 1 is 1.06 bits per heavy atom. The Morgan fingerprint density at radius 3 is 2.48 bits per heavy atom. The van der Waals surface area contributed by atoms with Gasteiger partial charge in [-0.3, -0.25) is 14.4 Å². The lowest BCUT2D eigenvalue weighted by molar-refractivity contribution is -0.134. The molecule has 0 spiro atoms. The van der Waals surface area contributed by atoms with E-state index in [9.17, 15) is 18.8 Å². The number of benzene rings is 2. The SMILES string of the molecule is CCN1CCN(C(=O)c2ccc(=O)[nH]n2)C[C@H](Cc2ccc(-c3ccccc3F)cc2)C1=O. The van der Waals surface area contributed by atoms with Crippen molar-refractivity contribution in [1.82, 2.24) is 20.0 Å². The van der Waals surface area contributed by atoms with Gasteiger partial charge in [-0.2, -0.15) is 5.10 Å². The third kappa shape index (κ3) is 5.00. The summed E-state index contributed by atoms with van der Waals surface area (Å²) in [5.41, 5.74) is 1.98. The maximum Gasteiger partial charge on any atom is 0.274 e. The molecule has 8 heteroatoms. The van der Waals surface area contributed by atoms with E-state index in [0.717, 1.165) is 11.1 Å². The predicted octanol–water partition coefficient (Wildman–Crippen LogP) is 2.74. The van der Waals surface area contributed by atoms with E-state index in [-0.39, 0.29) is 35.4 Å². The van der Waals surface area contributed by atoms with Gasteiger partial charge in [0.15, 0.2) is 0 Å². The standard InChI is InChI=1S/C25H25FN4O3/c1-2-29-13-14-30(25(33)22-11-12-23(31)28-27-22)16-19(24(29)32)15-17-7-9-18(10-8-17)20-5-3-4-6-21(20)26/h3-12,19H,2,13-16H2,1H3,(H,28,31)/t19-/m0/s1. The Balaban J connectivity index is 1.54. The molecular weight excluding hydrogens is 423 g/mol. The highest BCUT2D eigenvalue weighted by Gasteiger charge is 2.32. The molecule has 2 amide bonds. The third-order valence-electron chi connectivity index (χ3n) is 5.93. The summed E-state index contributed by atoms with van der Waals surface area (Å²) in [6, 6.07) is 16.7. The van der Waals surface area contributed by atoms with Gasteiger partial charge in [-0.05, 0) is 36.6 Å². The zero-order chi connectivity index (χ0) is 23.4. The molecular formula is C25H25FN4O3. The summed E-state index contributed by atoms with van der Waals surface area (Å²) in [4.78, 5) is 40.8. The minimum absolute atomic E-state index is 0.000378. The first-order chi connectivity index (χ1) is 16.0. The average molecular weight is 448 g/mol. The van der Waals surface area contributed by atoms with Crippen LogP contribution in [0.25, 0.3) is 11.1 Å². The van der Waals surface area contributed by atoms with Crippen molar-refractivity contribution >= 4 is 11.8 Å². The number of halogens is 1. The summed E-state index contributed by atoms with van der Waals surface area (Å²) in [7, 11) is 0. The smallest absolute Gasteiger partial charge is 0.274 e. The fourth-order valence-electron chi connectivity index (χ4n) is 4.12. The van der Waals surface area contributed by atoms with Gasteiger partial charge in [-0.15, -0.1) is 0 Å². The number of amides is 2. The van der Waals surface area contributed by atoms with Crippen LogP contribution in [-0.4, -0.2) is 58.0 Å². The molecule has 1 atom stereocenters. The molecule has 1 saturated heterocycles. The quantitative estimate of drug-likeness (QED) is 0.650. The number of carbonyl (C=O) groups excluding carboxylic acids is 2. The molecule has 2 heterocycles. The number of H-pyrrole nitrogens is 1. The van der Waals surface area contributed by atoms with Crippen LogP contribution < -0.4 is 5.56 Å². The predicted molar refractivity (Wildman–Crippen MR) is 122 cm³/mol.